The van der Waals surface area contributed by atoms with E-state index in [9.17, 15) is 93.0 Å². The van der Waals surface area contributed by atoms with Gasteiger partial charge in [-0.15, -0.1) is 0 Å². The number of carbonyl (C=O) groups is 13. The predicted octanol–water partition coefficient (Wildman–Crippen LogP) is -2.98. The van der Waals surface area contributed by atoms with Gasteiger partial charge in [-0.1, -0.05) is 0 Å². The molecule has 0 aliphatic carbocycles. The largest absolute Gasteiger partial charge is 0.481 e. The van der Waals surface area contributed by atoms with Gasteiger partial charge in [0, 0.05) is 56.8 Å². The summed E-state index contributed by atoms with van der Waals surface area (Å²) in [6.45, 7) is 0.241. The van der Waals surface area contributed by atoms with Gasteiger partial charge in [0.05, 0.1) is 18.4 Å². The zero-order chi connectivity index (χ0) is 58.4. The molecule has 78 heavy (non-hydrogen) atoms. The van der Waals surface area contributed by atoms with Crippen molar-refractivity contribution in [1.29, 1.82) is 0 Å². The van der Waals surface area contributed by atoms with Crippen molar-refractivity contribution >= 4 is 106 Å². The van der Waals surface area contributed by atoms with E-state index in [1.807, 2.05) is 5.32 Å². The molecule has 2 aromatic heterocycles. The maximum atomic E-state index is 13.0. The number of nitrogens with zero attached hydrogens (tertiary/aromatic N) is 5. The molecule has 17 N–H and O–H groups in total. The molecule has 0 saturated heterocycles. The molecule has 6 atom stereocenters. The molecule has 422 valence electrons. The topological polar surface area (TPSA) is 543 Å². The average Bonchev–Trinajstić information content (AvgIpc) is 3.36. The summed E-state index contributed by atoms with van der Waals surface area (Å²) in [6, 6.07) is -4.20. The van der Waals surface area contributed by atoms with E-state index in [0.29, 0.717) is 11.4 Å². The molecule has 0 fully saturated rings. The molecule has 1 aromatic carbocycles. The molecule has 0 saturated carbocycles. The van der Waals surface area contributed by atoms with Crippen LogP contribution in [0.2, 0.25) is 0 Å². The van der Waals surface area contributed by atoms with Gasteiger partial charge < -0.3 is 84.0 Å². The van der Waals surface area contributed by atoms with Gasteiger partial charge in [-0.2, -0.15) is 9.97 Å². The van der Waals surface area contributed by atoms with Gasteiger partial charge in [0.1, 0.15) is 36.3 Å². The van der Waals surface area contributed by atoms with E-state index in [0.717, 1.165) is 0 Å². The summed E-state index contributed by atoms with van der Waals surface area (Å²) in [5.74, 6) is -16.8. The van der Waals surface area contributed by atoms with Gasteiger partial charge in [-0.25, -0.2) is 38.7 Å². The minimum absolute atomic E-state index is 0.0478. The van der Waals surface area contributed by atoms with E-state index in [-0.39, 0.29) is 35.0 Å². The van der Waals surface area contributed by atoms with E-state index in [1.165, 1.54) is 18.3 Å². The Bertz CT molecular complexity index is 2760. The number of nitrogens with two attached hydrogens (primary N) is 2. The zero-order valence-corrected chi connectivity index (χ0v) is 41.4. The SMILES string of the molecule is CN(Cc1cnc2nc(N)nc(N)c2n1)c1ccc(C(=O)N[C@@H](CCC(=O)N[C@@H](CCC(=O)N[C@@H](CCC(=O)N[C@@H](CCC(=O)N[C@@H](CCC(=O)N[C@@H](CCC(=O)O)C(=O)O)C(=O)O)C(=O)O)C(=O)O)C(=O)O)C(=O)O)cc1. The third-order valence-electron chi connectivity index (χ3n) is 11.2. The van der Waals surface area contributed by atoms with E-state index >= 15 is 0 Å². The molecule has 3 aromatic rings. The molecule has 0 unspecified atom stereocenters. The highest BCUT2D eigenvalue weighted by atomic mass is 16.4. The predicted molar refractivity (Wildman–Crippen MR) is 262 cm³/mol. The third kappa shape index (κ3) is 21.2. The number of aliphatic carboxylic acids is 7. The molecule has 0 aliphatic rings. The molecule has 0 spiro atoms. The minimum Gasteiger partial charge on any atom is -0.481 e. The second-order valence-corrected chi connectivity index (χ2v) is 17.2. The lowest BCUT2D eigenvalue weighted by atomic mass is 10.1. The van der Waals surface area contributed by atoms with Crippen LogP contribution < -0.4 is 48.3 Å². The van der Waals surface area contributed by atoms with Crippen molar-refractivity contribution in [2.24, 2.45) is 0 Å². The van der Waals surface area contributed by atoms with E-state index in [2.05, 4.69) is 46.5 Å². The van der Waals surface area contributed by atoms with Crippen molar-refractivity contribution < 1.29 is 98.1 Å². The van der Waals surface area contributed by atoms with E-state index in [4.69, 9.17) is 16.6 Å². The Labute approximate surface area is 439 Å². The minimum atomic E-state index is -1.78. The number of carboxylic acid groups (broad SMARTS) is 7. The molecule has 6 amide bonds. The number of aromatic nitrogens is 4. The van der Waals surface area contributed by atoms with Crippen LogP contribution in [0.3, 0.4) is 0 Å². The van der Waals surface area contributed by atoms with Crippen LogP contribution in [0.4, 0.5) is 17.5 Å². The molecule has 2 heterocycles. The fraction of sp³-hybridized carbons (Fsp3) is 0.444. The molecule has 33 heteroatoms. The number of carboxylic acids is 7. The van der Waals surface area contributed by atoms with Crippen LogP contribution in [0.1, 0.15) is 93.1 Å². The molecule has 0 aliphatic heterocycles. The lowest BCUT2D eigenvalue weighted by molar-refractivity contribution is -0.144. The second-order valence-electron chi connectivity index (χ2n) is 17.2. The lowest BCUT2D eigenvalue weighted by Crippen LogP contribution is -2.46. The molecule has 3 rings (SSSR count). The number of hydrogen-bond acceptors (Lipinski definition) is 20. The van der Waals surface area contributed by atoms with Gasteiger partial charge in [-0.05, 0) is 62.8 Å². The highest BCUT2D eigenvalue weighted by molar-refractivity contribution is 5.97. The highest BCUT2D eigenvalue weighted by Gasteiger charge is 2.29. The maximum Gasteiger partial charge on any atom is 0.326 e. The van der Waals surface area contributed by atoms with Gasteiger partial charge >= 0.3 is 41.8 Å². The Hall–Kier alpha value is -9.85. The summed E-state index contributed by atoms with van der Waals surface area (Å²) in [5, 5.41) is 78.8. The van der Waals surface area contributed by atoms with Crippen molar-refractivity contribution in [2.45, 2.75) is 120 Å². The summed E-state index contributed by atoms with van der Waals surface area (Å²) in [7, 11) is 1.73. The second kappa shape index (κ2) is 29.9. The Morgan fingerprint density at radius 1 is 0.474 bits per heavy atom. The Kier molecular flexibility index (Phi) is 23.9. The molecule has 0 radical (unpaired) electrons. The number of fused-ring (bicyclic) bond motifs is 1. The molecule has 33 nitrogen and oxygen atoms in total. The highest BCUT2D eigenvalue weighted by Crippen LogP contribution is 2.19. The summed E-state index contributed by atoms with van der Waals surface area (Å²) in [4.78, 5) is 176. The third-order valence-corrected chi connectivity index (χ3v) is 11.2. The smallest absolute Gasteiger partial charge is 0.326 e. The number of nitrogens with one attached hydrogen (secondary N) is 6. The van der Waals surface area contributed by atoms with Crippen LogP contribution in [-0.2, 0) is 64.1 Å². The van der Waals surface area contributed by atoms with Crippen molar-refractivity contribution in [3.63, 3.8) is 0 Å². The zero-order valence-electron chi connectivity index (χ0n) is 41.4. The fourth-order valence-electron chi connectivity index (χ4n) is 7.02. The Morgan fingerprint density at radius 2 is 0.808 bits per heavy atom. The maximum absolute atomic E-state index is 13.0. The van der Waals surface area contributed by atoms with Crippen LogP contribution in [-0.4, -0.2) is 176 Å². The first-order valence-electron chi connectivity index (χ1n) is 23.4. The average molecular weight is 1100 g/mol. The van der Waals surface area contributed by atoms with Gasteiger partial charge in [-0.3, -0.25) is 33.6 Å². The number of amides is 6. The van der Waals surface area contributed by atoms with Crippen LogP contribution in [0, 0.1) is 0 Å². The van der Waals surface area contributed by atoms with Crippen molar-refractivity contribution in [1.82, 2.24) is 51.8 Å². The fourth-order valence-corrected chi connectivity index (χ4v) is 7.02. The molecule has 0 bridgehead atoms. The number of carbonyl (C=O) groups excluding carboxylic acids is 6. The summed E-state index contributed by atoms with van der Waals surface area (Å²) in [5.41, 5.74) is 13.2. The number of benzene rings is 1. The Morgan fingerprint density at radius 3 is 1.14 bits per heavy atom. The van der Waals surface area contributed by atoms with E-state index in [1.54, 1.807) is 24.1 Å². The first kappa shape index (κ1) is 62.4. The van der Waals surface area contributed by atoms with Crippen molar-refractivity contribution in [2.75, 3.05) is 23.4 Å². The monoisotopic (exact) mass is 1100 g/mol. The van der Waals surface area contributed by atoms with Crippen LogP contribution >= 0.6 is 0 Å². The number of anilines is 3. The number of rotatable bonds is 34. The number of hydrogen-bond donors (Lipinski definition) is 15. The first-order chi connectivity index (χ1) is 36.6. The van der Waals surface area contributed by atoms with Gasteiger partial charge in [0.25, 0.3) is 5.91 Å². The number of nitrogen functional groups attached to an aromatic ring is 2. The van der Waals surface area contributed by atoms with Crippen molar-refractivity contribution in [3.8, 4) is 0 Å². The summed E-state index contributed by atoms with van der Waals surface area (Å²) >= 11 is 0. The van der Waals surface area contributed by atoms with Crippen LogP contribution in [0.5, 0.6) is 0 Å². The van der Waals surface area contributed by atoms with Gasteiger partial charge in [0.2, 0.25) is 35.5 Å². The normalized spacial score (nSPS) is 13.1. The van der Waals surface area contributed by atoms with Gasteiger partial charge in [0.15, 0.2) is 17.0 Å². The van der Waals surface area contributed by atoms with Crippen LogP contribution in [0.15, 0.2) is 30.5 Å². The first-order valence-corrected chi connectivity index (χ1v) is 23.4. The standard InChI is InChI=1S/C45H57N13O20/c1-58(19-21-18-48-37-35(49-21)36(46)56-45(47)57-37)22-4-2-20(3-5-22)38(66)55-28(44(77)78)10-16-33(63)53-26(42(73)74)8-14-31(61)51-24(40(69)70)6-12-29(59)50-23(39(67)68)7-13-30(60)52-25(41(71)72)9-15-32(62)54-27(43(75)76)11-17-34(64)65/h2-5,18,23-28H,6-17,19H2,1H3,(H,50,59)(H,51,61)(H,52,60)(H,53,63)(H,54,62)(H,55,66)(H,64,65)(H,67,68)(H,69,70)(H,71,72)(H,73,74)(H,75,76)(H,77,78)(H4,46,47,48,56,57)/t23-,24-,25-,26-,27-,28-/m0/s1. The quantitative estimate of drug-likeness (QED) is 0.0284. The summed E-state index contributed by atoms with van der Waals surface area (Å²) < 4.78 is 0. The van der Waals surface area contributed by atoms with Crippen molar-refractivity contribution in [3.05, 3.63) is 41.7 Å². The lowest BCUT2D eigenvalue weighted by Gasteiger charge is -2.20. The molecular formula is C45H57N13O20. The summed E-state index contributed by atoms with van der Waals surface area (Å²) in [6.07, 6.45) is -5.80. The van der Waals surface area contributed by atoms with E-state index < -0.39 is 191 Å². The van der Waals surface area contributed by atoms with Crippen LogP contribution in [0.25, 0.3) is 11.2 Å². The Balaban J connectivity index is 1.44. The molecular weight excluding hydrogens is 1040 g/mol.